The van der Waals surface area contributed by atoms with Gasteiger partial charge in [0.1, 0.15) is 0 Å². The summed E-state index contributed by atoms with van der Waals surface area (Å²) in [6.07, 6.45) is 16.5. The van der Waals surface area contributed by atoms with Crippen molar-refractivity contribution in [2.75, 3.05) is 13.6 Å². The summed E-state index contributed by atoms with van der Waals surface area (Å²) in [6, 6.07) is 0.826. The molecule has 3 fully saturated rings. The minimum atomic E-state index is 0.826. The van der Waals surface area contributed by atoms with Gasteiger partial charge in [0.15, 0.2) is 0 Å². The molecular weight excluding hydrogens is 266 g/mol. The molecule has 1 heteroatoms. The van der Waals surface area contributed by atoms with E-state index in [0.717, 1.165) is 35.6 Å². The third kappa shape index (κ3) is 3.71. The number of unbranched alkanes of at least 4 members (excludes halogenated alkanes) is 2. The number of nitrogens with zero attached hydrogens (tertiary/aromatic N) is 1. The van der Waals surface area contributed by atoms with Gasteiger partial charge >= 0.3 is 0 Å². The minimum absolute atomic E-state index is 0.826. The molecule has 0 radical (unpaired) electrons. The molecule has 0 aliphatic heterocycles. The highest BCUT2D eigenvalue weighted by Crippen LogP contribution is 2.49. The lowest BCUT2D eigenvalue weighted by molar-refractivity contribution is 0.0835. The van der Waals surface area contributed by atoms with Crippen molar-refractivity contribution in [2.45, 2.75) is 90.5 Å². The number of fused-ring (bicyclic) bond motifs is 1. The molecule has 128 valence electrons. The van der Waals surface area contributed by atoms with Gasteiger partial charge in [-0.3, -0.25) is 0 Å². The summed E-state index contributed by atoms with van der Waals surface area (Å²) in [6.45, 7) is 6.22. The summed E-state index contributed by atoms with van der Waals surface area (Å²) in [5.41, 5.74) is 0. The van der Waals surface area contributed by atoms with E-state index in [1.54, 1.807) is 6.42 Å². The maximum atomic E-state index is 2.73. The second-order valence-corrected chi connectivity index (χ2v) is 8.98. The van der Waals surface area contributed by atoms with Gasteiger partial charge in [-0.1, -0.05) is 45.4 Å². The van der Waals surface area contributed by atoms with Crippen LogP contribution in [-0.2, 0) is 0 Å². The predicted octanol–water partition coefficient (Wildman–Crippen LogP) is 5.74. The number of hydrogen-bond acceptors (Lipinski definition) is 1. The highest BCUT2D eigenvalue weighted by Gasteiger charge is 2.42. The predicted molar refractivity (Wildman–Crippen MR) is 96.0 cm³/mol. The fourth-order valence-electron chi connectivity index (χ4n) is 6.05. The van der Waals surface area contributed by atoms with Crippen molar-refractivity contribution < 1.29 is 0 Å². The van der Waals surface area contributed by atoms with Crippen molar-refractivity contribution in [3.05, 3.63) is 0 Å². The largest absolute Gasteiger partial charge is 0.303 e. The molecule has 0 saturated heterocycles. The third-order valence-corrected chi connectivity index (χ3v) is 7.55. The lowest BCUT2D eigenvalue weighted by atomic mass is 9.72. The Kier molecular flexibility index (Phi) is 5.87. The van der Waals surface area contributed by atoms with Gasteiger partial charge in [0.2, 0.25) is 0 Å². The van der Waals surface area contributed by atoms with E-state index in [2.05, 4.69) is 25.8 Å². The zero-order valence-corrected chi connectivity index (χ0v) is 15.4. The molecule has 4 unspecified atom stereocenters. The van der Waals surface area contributed by atoms with Crippen LogP contribution in [0.1, 0.15) is 84.5 Å². The molecule has 22 heavy (non-hydrogen) atoms. The molecule has 0 aromatic rings. The average molecular weight is 306 g/mol. The zero-order valence-electron chi connectivity index (χ0n) is 15.4. The van der Waals surface area contributed by atoms with Crippen LogP contribution in [-0.4, -0.2) is 24.5 Å². The van der Waals surface area contributed by atoms with Gasteiger partial charge in [-0.25, -0.2) is 0 Å². The third-order valence-electron chi connectivity index (χ3n) is 7.55. The first kappa shape index (κ1) is 16.8. The first-order valence-electron chi connectivity index (χ1n) is 10.4. The molecule has 0 N–H and O–H groups in total. The normalized spacial score (nSPS) is 39.0. The van der Waals surface area contributed by atoms with Crippen molar-refractivity contribution in [2.24, 2.45) is 29.6 Å². The Morgan fingerprint density at radius 1 is 1.00 bits per heavy atom. The van der Waals surface area contributed by atoms with Crippen LogP contribution >= 0.6 is 0 Å². The van der Waals surface area contributed by atoms with Crippen molar-refractivity contribution in [1.82, 2.24) is 4.90 Å². The Balaban J connectivity index is 1.37. The van der Waals surface area contributed by atoms with E-state index in [0.29, 0.717) is 0 Å². The van der Waals surface area contributed by atoms with Gasteiger partial charge in [-0.2, -0.15) is 0 Å². The molecular formula is C21H39N. The van der Waals surface area contributed by atoms with Crippen molar-refractivity contribution in [3.8, 4) is 0 Å². The van der Waals surface area contributed by atoms with Gasteiger partial charge in [-0.15, -0.1) is 0 Å². The van der Waals surface area contributed by atoms with E-state index in [4.69, 9.17) is 0 Å². The molecule has 1 nitrogen and oxygen atoms in total. The average Bonchev–Trinajstić information content (AvgIpc) is 3.06. The van der Waals surface area contributed by atoms with E-state index < -0.39 is 0 Å². The molecule has 4 atom stereocenters. The first-order valence-corrected chi connectivity index (χ1v) is 10.4. The summed E-state index contributed by atoms with van der Waals surface area (Å²) in [5, 5.41) is 0. The summed E-state index contributed by atoms with van der Waals surface area (Å²) in [4.78, 5) is 2.73. The molecule has 3 saturated carbocycles. The fraction of sp³-hybridized carbons (Fsp3) is 1.00. The van der Waals surface area contributed by atoms with E-state index in [1.165, 1.54) is 70.8 Å². The molecule has 0 spiro atoms. The van der Waals surface area contributed by atoms with Gasteiger partial charge < -0.3 is 4.90 Å². The quantitative estimate of drug-likeness (QED) is 0.517. The van der Waals surface area contributed by atoms with Crippen molar-refractivity contribution in [1.29, 1.82) is 0 Å². The smallest absolute Gasteiger partial charge is 0.00950 e. The zero-order chi connectivity index (χ0) is 15.5. The molecule has 0 bridgehead atoms. The lowest BCUT2D eigenvalue weighted by Gasteiger charge is -2.41. The minimum Gasteiger partial charge on any atom is -0.303 e. The van der Waals surface area contributed by atoms with E-state index >= 15 is 0 Å². The van der Waals surface area contributed by atoms with Gasteiger partial charge in [-0.05, 0) is 75.7 Å². The molecule has 3 aliphatic carbocycles. The molecule has 0 amide bonds. The summed E-state index contributed by atoms with van der Waals surface area (Å²) >= 11 is 0. The standard InChI is InChI=1S/C21H39N/c1-4-5-6-8-17-13-18(14-17)15-22(3)16(2)20-12-11-19-9-7-10-21(19)20/h16-21H,4-15H2,1-3H3. The summed E-state index contributed by atoms with van der Waals surface area (Å²) in [5.74, 6) is 5.29. The van der Waals surface area contributed by atoms with Crippen LogP contribution in [0.15, 0.2) is 0 Å². The number of rotatable bonds is 8. The molecule has 0 aromatic heterocycles. The van der Waals surface area contributed by atoms with Crippen LogP contribution in [0.25, 0.3) is 0 Å². The maximum Gasteiger partial charge on any atom is 0.00950 e. The van der Waals surface area contributed by atoms with E-state index in [9.17, 15) is 0 Å². The van der Waals surface area contributed by atoms with Gasteiger partial charge in [0.25, 0.3) is 0 Å². The highest BCUT2D eigenvalue weighted by molar-refractivity contribution is 4.94. The Labute approximate surface area is 139 Å². The SMILES string of the molecule is CCCCCC1CC(CN(C)C(C)C2CCC3CCCC32)C1. The van der Waals surface area contributed by atoms with Crippen LogP contribution in [0.3, 0.4) is 0 Å². The van der Waals surface area contributed by atoms with E-state index in [1.807, 2.05) is 0 Å². The topological polar surface area (TPSA) is 3.24 Å². The van der Waals surface area contributed by atoms with E-state index in [-0.39, 0.29) is 0 Å². The molecule has 0 heterocycles. The summed E-state index contributed by atoms with van der Waals surface area (Å²) in [7, 11) is 2.41. The first-order chi connectivity index (χ1) is 10.7. The van der Waals surface area contributed by atoms with Crippen molar-refractivity contribution in [3.63, 3.8) is 0 Å². The summed E-state index contributed by atoms with van der Waals surface area (Å²) < 4.78 is 0. The second-order valence-electron chi connectivity index (χ2n) is 8.98. The fourth-order valence-corrected chi connectivity index (χ4v) is 6.05. The maximum absolute atomic E-state index is 2.73. The molecule has 3 aliphatic rings. The Hall–Kier alpha value is -0.0400. The number of hydrogen-bond donors (Lipinski definition) is 0. The van der Waals surface area contributed by atoms with Crippen LogP contribution in [0.2, 0.25) is 0 Å². The van der Waals surface area contributed by atoms with Crippen LogP contribution in [0, 0.1) is 29.6 Å². The van der Waals surface area contributed by atoms with Crippen LogP contribution in [0.5, 0.6) is 0 Å². The Bertz CT molecular complexity index is 333. The highest BCUT2D eigenvalue weighted by atomic mass is 15.1. The molecule has 0 aromatic carbocycles. The monoisotopic (exact) mass is 305 g/mol. The molecule has 3 rings (SSSR count). The van der Waals surface area contributed by atoms with Crippen molar-refractivity contribution >= 4 is 0 Å². The lowest BCUT2D eigenvalue weighted by Crippen LogP contribution is -2.42. The second kappa shape index (κ2) is 7.69. The Morgan fingerprint density at radius 3 is 2.59 bits per heavy atom. The van der Waals surface area contributed by atoms with Gasteiger partial charge in [0, 0.05) is 12.6 Å². The Morgan fingerprint density at radius 2 is 1.82 bits per heavy atom. The van der Waals surface area contributed by atoms with Crippen LogP contribution < -0.4 is 0 Å². The van der Waals surface area contributed by atoms with Crippen LogP contribution in [0.4, 0.5) is 0 Å². The van der Waals surface area contributed by atoms with Gasteiger partial charge in [0.05, 0.1) is 0 Å².